The number of nitrogens with two attached hydrogens (primary N) is 1. The van der Waals surface area contributed by atoms with Gasteiger partial charge in [0, 0.05) is 5.69 Å². The molecule has 0 unspecified atom stereocenters. The van der Waals surface area contributed by atoms with Crippen LogP contribution in [0.25, 0.3) is 0 Å². The molecule has 2 aromatic carbocycles. The highest BCUT2D eigenvalue weighted by Crippen LogP contribution is 2.28. The van der Waals surface area contributed by atoms with E-state index in [4.69, 9.17) is 5.73 Å². The third-order valence-electron chi connectivity index (χ3n) is 3.28. The minimum atomic E-state index is 0.794. The number of hydrogen-bond acceptors (Lipinski definition) is 3. The monoisotopic (exact) mass is 253 g/mol. The lowest BCUT2D eigenvalue weighted by Gasteiger charge is -2.06. The summed E-state index contributed by atoms with van der Waals surface area (Å²) < 4.78 is 0. The predicted molar refractivity (Wildman–Crippen MR) is 80.4 cm³/mol. The van der Waals surface area contributed by atoms with Crippen molar-refractivity contribution >= 4 is 17.1 Å². The number of hydrogen-bond donors (Lipinski definition) is 1. The molecule has 0 atom stereocenters. The van der Waals surface area contributed by atoms with Gasteiger partial charge < -0.3 is 5.73 Å². The van der Waals surface area contributed by atoms with E-state index < -0.39 is 0 Å². The standard InChI is InChI=1S/C16H19N3/c1-10-7-11(2)9-14(8-10)18-19-16-6-5-15(17)12(3)13(16)4/h5-9H,17H2,1-4H3. The lowest BCUT2D eigenvalue weighted by atomic mass is 10.1. The Bertz CT molecular complexity index is 622. The van der Waals surface area contributed by atoms with Gasteiger partial charge in [-0.1, -0.05) is 6.07 Å². The summed E-state index contributed by atoms with van der Waals surface area (Å²) in [5.41, 5.74) is 12.9. The Balaban J connectivity index is 2.35. The van der Waals surface area contributed by atoms with Gasteiger partial charge in [-0.25, -0.2) is 0 Å². The molecule has 0 aliphatic heterocycles. The fourth-order valence-electron chi connectivity index (χ4n) is 2.06. The van der Waals surface area contributed by atoms with Crippen LogP contribution < -0.4 is 5.73 Å². The molecule has 0 radical (unpaired) electrons. The van der Waals surface area contributed by atoms with Crippen LogP contribution in [0.15, 0.2) is 40.6 Å². The van der Waals surface area contributed by atoms with Gasteiger partial charge in [0.2, 0.25) is 0 Å². The maximum atomic E-state index is 5.86. The quantitative estimate of drug-likeness (QED) is 0.599. The van der Waals surface area contributed by atoms with Crippen molar-refractivity contribution in [2.45, 2.75) is 27.7 Å². The van der Waals surface area contributed by atoms with Crippen molar-refractivity contribution in [3.8, 4) is 0 Å². The number of nitrogen functional groups attached to an aromatic ring is 1. The Hall–Kier alpha value is -2.16. The molecule has 3 heteroatoms. The normalized spacial score (nSPS) is 11.2. The Morgan fingerprint density at radius 3 is 2.05 bits per heavy atom. The van der Waals surface area contributed by atoms with Crippen LogP contribution in [0.4, 0.5) is 17.1 Å². The summed E-state index contributed by atoms with van der Waals surface area (Å²) in [5, 5.41) is 8.64. The molecular formula is C16H19N3. The summed E-state index contributed by atoms with van der Waals surface area (Å²) in [6, 6.07) is 9.95. The van der Waals surface area contributed by atoms with Crippen molar-refractivity contribution in [1.82, 2.24) is 0 Å². The molecule has 3 nitrogen and oxygen atoms in total. The Labute approximate surface area is 114 Å². The van der Waals surface area contributed by atoms with E-state index in [-0.39, 0.29) is 0 Å². The predicted octanol–water partition coefficient (Wildman–Crippen LogP) is 4.92. The third-order valence-corrected chi connectivity index (χ3v) is 3.28. The fraction of sp³-hybridized carbons (Fsp3) is 0.250. The molecule has 0 aliphatic rings. The molecule has 0 saturated carbocycles. The highest BCUT2D eigenvalue weighted by Gasteiger charge is 2.03. The summed E-state index contributed by atoms with van der Waals surface area (Å²) >= 11 is 0. The molecule has 0 spiro atoms. The molecule has 0 aromatic heterocycles. The van der Waals surface area contributed by atoms with E-state index in [1.807, 2.05) is 38.1 Å². The molecule has 0 saturated heterocycles. The van der Waals surface area contributed by atoms with Gasteiger partial charge in [-0.2, -0.15) is 10.2 Å². The number of anilines is 1. The minimum absolute atomic E-state index is 0.794. The van der Waals surface area contributed by atoms with Gasteiger partial charge in [-0.15, -0.1) is 0 Å². The number of azo groups is 1. The van der Waals surface area contributed by atoms with Crippen molar-refractivity contribution < 1.29 is 0 Å². The molecular weight excluding hydrogens is 234 g/mol. The van der Waals surface area contributed by atoms with E-state index >= 15 is 0 Å². The van der Waals surface area contributed by atoms with Crippen molar-refractivity contribution in [1.29, 1.82) is 0 Å². The Kier molecular flexibility index (Phi) is 3.65. The molecule has 0 bridgehead atoms. The van der Waals surface area contributed by atoms with Crippen molar-refractivity contribution in [3.63, 3.8) is 0 Å². The summed E-state index contributed by atoms with van der Waals surface area (Å²) in [6.45, 7) is 8.14. The number of rotatable bonds is 2. The van der Waals surface area contributed by atoms with Gasteiger partial charge in [0.1, 0.15) is 0 Å². The lowest BCUT2D eigenvalue weighted by Crippen LogP contribution is -1.91. The highest BCUT2D eigenvalue weighted by molar-refractivity contribution is 5.60. The first-order valence-electron chi connectivity index (χ1n) is 6.33. The first-order valence-corrected chi connectivity index (χ1v) is 6.33. The Morgan fingerprint density at radius 1 is 0.789 bits per heavy atom. The zero-order chi connectivity index (χ0) is 14.0. The van der Waals surface area contributed by atoms with Gasteiger partial charge >= 0.3 is 0 Å². The van der Waals surface area contributed by atoms with Crippen LogP contribution in [0.3, 0.4) is 0 Å². The average molecular weight is 253 g/mol. The van der Waals surface area contributed by atoms with Crippen LogP contribution in [0.2, 0.25) is 0 Å². The van der Waals surface area contributed by atoms with Crippen LogP contribution in [0, 0.1) is 27.7 Å². The molecule has 2 aromatic rings. The van der Waals surface area contributed by atoms with Crippen LogP contribution in [0.1, 0.15) is 22.3 Å². The molecule has 0 aliphatic carbocycles. The van der Waals surface area contributed by atoms with E-state index in [1.54, 1.807) is 0 Å². The molecule has 2 N–H and O–H groups in total. The molecule has 0 heterocycles. The number of benzene rings is 2. The first kappa shape index (κ1) is 13.3. The average Bonchev–Trinajstić information content (AvgIpc) is 2.34. The van der Waals surface area contributed by atoms with Crippen molar-refractivity contribution in [2.24, 2.45) is 10.2 Å². The molecule has 19 heavy (non-hydrogen) atoms. The van der Waals surface area contributed by atoms with Gasteiger partial charge in [0.25, 0.3) is 0 Å². The minimum Gasteiger partial charge on any atom is -0.399 e. The zero-order valence-corrected chi connectivity index (χ0v) is 11.9. The molecule has 0 amide bonds. The van der Waals surface area contributed by atoms with Gasteiger partial charge in [-0.3, -0.25) is 0 Å². The van der Waals surface area contributed by atoms with E-state index in [9.17, 15) is 0 Å². The van der Waals surface area contributed by atoms with Crippen LogP contribution in [-0.4, -0.2) is 0 Å². The van der Waals surface area contributed by atoms with Gasteiger partial charge in [0.15, 0.2) is 0 Å². The van der Waals surface area contributed by atoms with E-state index in [0.717, 1.165) is 28.2 Å². The summed E-state index contributed by atoms with van der Waals surface area (Å²) in [4.78, 5) is 0. The second-order valence-electron chi connectivity index (χ2n) is 4.97. The smallest absolute Gasteiger partial charge is 0.0890 e. The van der Waals surface area contributed by atoms with Crippen LogP contribution >= 0.6 is 0 Å². The van der Waals surface area contributed by atoms with E-state index in [0.29, 0.717) is 0 Å². The van der Waals surface area contributed by atoms with Gasteiger partial charge in [0.05, 0.1) is 11.4 Å². The second-order valence-corrected chi connectivity index (χ2v) is 4.97. The van der Waals surface area contributed by atoms with Gasteiger partial charge in [-0.05, 0) is 74.2 Å². The lowest BCUT2D eigenvalue weighted by molar-refractivity contribution is 1.18. The largest absolute Gasteiger partial charge is 0.399 e. The summed E-state index contributed by atoms with van der Waals surface area (Å²) in [6.07, 6.45) is 0. The highest BCUT2D eigenvalue weighted by atomic mass is 15.1. The van der Waals surface area contributed by atoms with Crippen molar-refractivity contribution in [2.75, 3.05) is 5.73 Å². The number of nitrogens with zero attached hydrogens (tertiary/aromatic N) is 2. The Morgan fingerprint density at radius 2 is 1.42 bits per heavy atom. The van der Waals surface area contributed by atoms with E-state index in [2.05, 4.69) is 30.1 Å². The fourth-order valence-corrected chi connectivity index (χ4v) is 2.06. The number of aryl methyl sites for hydroxylation is 2. The molecule has 2 rings (SSSR count). The van der Waals surface area contributed by atoms with Crippen molar-refractivity contribution in [3.05, 3.63) is 52.6 Å². The maximum Gasteiger partial charge on any atom is 0.0890 e. The SMILES string of the molecule is Cc1cc(C)cc(N=Nc2ccc(N)c(C)c2C)c1. The summed E-state index contributed by atoms with van der Waals surface area (Å²) in [7, 11) is 0. The molecule has 98 valence electrons. The summed E-state index contributed by atoms with van der Waals surface area (Å²) in [5.74, 6) is 0. The topological polar surface area (TPSA) is 50.7 Å². The van der Waals surface area contributed by atoms with E-state index in [1.165, 1.54) is 11.1 Å². The second kappa shape index (κ2) is 5.22. The van der Waals surface area contributed by atoms with Crippen LogP contribution in [0.5, 0.6) is 0 Å². The zero-order valence-electron chi connectivity index (χ0n) is 11.9. The third kappa shape index (κ3) is 2.99. The van der Waals surface area contributed by atoms with Crippen LogP contribution in [-0.2, 0) is 0 Å². The first-order chi connectivity index (χ1) is 8.97. The molecule has 0 fully saturated rings. The maximum absolute atomic E-state index is 5.86.